The van der Waals surface area contributed by atoms with Crippen LogP contribution >= 0.6 is 0 Å². The van der Waals surface area contributed by atoms with Crippen LogP contribution in [0.3, 0.4) is 0 Å². The summed E-state index contributed by atoms with van der Waals surface area (Å²) in [5.74, 6) is -1.99. The highest BCUT2D eigenvalue weighted by Gasteiger charge is 2.25. The Morgan fingerprint density at radius 3 is 0.859 bits per heavy atom. The molecule has 9 heteroatoms. The lowest BCUT2D eigenvalue weighted by atomic mass is 10.0. The van der Waals surface area contributed by atoms with Crippen LogP contribution in [0.2, 0.25) is 0 Å². The van der Waals surface area contributed by atoms with Crippen molar-refractivity contribution in [1.82, 2.24) is 0 Å². The van der Waals surface area contributed by atoms with E-state index in [2.05, 4.69) is 111 Å². The highest BCUT2D eigenvalue weighted by Crippen LogP contribution is 2.20. The van der Waals surface area contributed by atoms with Crippen molar-refractivity contribution in [2.45, 2.75) is 411 Å². The number of aliphatic carboxylic acids is 1. The van der Waals surface area contributed by atoms with Gasteiger partial charge in [-0.25, -0.2) is 4.79 Å². The van der Waals surface area contributed by atoms with Crippen molar-refractivity contribution >= 4 is 17.9 Å². The smallest absolute Gasteiger partial charge is 0.361 e. The van der Waals surface area contributed by atoms with Crippen molar-refractivity contribution in [3.63, 3.8) is 0 Å². The molecule has 0 radical (unpaired) electrons. The van der Waals surface area contributed by atoms with E-state index in [0.717, 1.165) is 96.3 Å². The standard InChI is InChI=1S/C90H161NO8/c1-6-8-10-12-14-16-18-20-22-24-26-28-30-32-34-36-38-40-42-43-44-45-47-48-50-52-54-56-58-60-62-64-66-68-70-72-74-76-78-80-87(92)97-84-86(85-98-90(89(94)95)96-83-82-91(3,4)5)99-88(93)81-79-77-75-73-71-69-67-65-63-61-59-57-55-53-51-49-46-41-39-37-35-33-31-29-27-25-23-21-19-17-15-13-11-9-7-2/h9,11,15,17,21,23,27,29,33,35,39,41,49,51,55,57,86,90H,6-8,10,12-14,16,18-20,22,24-26,28,30-32,34,36-38,40,42-48,50,52-54,56,58-85H2,1-5H3/p+1/b11-9-,17-15-,23-21-,29-27-,35-33-,41-39-,51-49-,57-55-. The van der Waals surface area contributed by atoms with Gasteiger partial charge in [0, 0.05) is 12.8 Å². The SMILES string of the molecule is CC/C=C\C/C=C\C/C=C\C/C=C\C/C=C\C/C=C\C/C=C\C/C=C\CCCCCCCCCCCCC(=O)OC(COC(=O)CCCCCCCCCCCCCCCCCCCCCCCCCCCCCCCCCCCCCCCCC)COC(OCC[N+](C)(C)C)C(=O)O. The number of carbonyl (C=O) groups is 3. The number of hydrogen-bond acceptors (Lipinski definition) is 7. The molecular formula is C90H162NO8+. The average molecular weight is 1390 g/mol. The van der Waals surface area contributed by atoms with Gasteiger partial charge in [-0.05, 0) is 77.0 Å². The molecule has 1 N–H and O–H groups in total. The molecule has 0 aromatic heterocycles. The van der Waals surface area contributed by atoms with Gasteiger partial charge in [-0.3, -0.25) is 9.59 Å². The summed E-state index contributed by atoms with van der Waals surface area (Å²) in [4.78, 5) is 37.8. The van der Waals surface area contributed by atoms with Crippen LogP contribution < -0.4 is 0 Å². The summed E-state index contributed by atoms with van der Waals surface area (Å²) < 4.78 is 23.1. The van der Waals surface area contributed by atoms with Crippen molar-refractivity contribution in [2.24, 2.45) is 0 Å². The van der Waals surface area contributed by atoms with E-state index < -0.39 is 24.3 Å². The number of hydrogen-bond donors (Lipinski definition) is 1. The first-order chi connectivity index (χ1) is 48.6. The number of nitrogens with zero attached hydrogens (tertiary/aromatic N) is 1. The molecule has 574 valence electrons. The minimum Gasteiger partial charge on any atom is -0.477 e. The van der Waals surface area contributed by atoms with Gasteiger partial charge in [0.05, 0.1) is 34.4 Å². The number of unbranched alkanes of at least 4 members (excludes halogenated alkanes) is 48. The lowest BCUT2D eigenvalue weighted by Gasteiger charge is -2.25. The fraction of sp³-hybridized carbons (Fsp3) is 0.789. The van der Waals surface area contributed by atoms with Gasteiger partial charge in [-0.15, -0.1) is 0 Å². The van der Waals surface area contributed by atoms with Crippen molar-refractivity contribution in [2.75, 3.05) is 47.5 Å². The van der Waals surface area contributed by atoms with E-state index in [1.54, 1.807) is 0 Å². The first-order valence-electron chi connectivity index (χ1n) is 42.4. The molecule has 0 saturated carbocycles. The second-order valence-electron chi connectivity index (χ2n) is 29.8. The summed E-state index contributed by atoms with van der Waals surface area (Å²) in [7, 11) is 5.99. The Bertz CT molecular complexity index is 1960. The molecule has 0 aliphatic heterocycles. The Morgan fingerprint density at radius 1 is 0.313 bits per heavy atom. The van der Waals surface area contributed by atoms with Gasteiger partial charge in [0.1, 0.15) is 13.2 Å². The zero-order valence-corrected chi connectivity index (χ0v) is 65.9. The van der Waals surface area contributed by atoms with Crippen LogP contribution in [0.1, 0.15) is 399 Å². The summed E-state index contributed by atoms with van der Waals surface area (Å²) in [6, 6.07) is 0. The van der Waals surface area contributed by atoms with Crippen LogP contribution in [0.15, 0.2) is 97.2 Å². The summed E-state index contributed by atoms with van der Waals surface area (Å²) in [6.07, 6.45) is 109. The van der Waals surface area contributed by atoms with Crippen LogP contribution in [0.5, 0.6) is 0 Å². The summed E-state index contributed by atoms with van der Waals surface area (Å²) in [5.41, 5.74) is 0. The maximum Gasteiger partial charge on any atom is 0.361 e. The zero-order valence-electron chi connectivity index (χ0n) is 65.9. The van der Waals surface area contributed by atoms with Crippen molar-refractivity contribution in [1.29, 1.82) is 0 Å². The Hall–Kier alpha value is -3.79. The van der Waals surface area contributed by atoms with E-state index in [9.17, 15) is 19.5 Å². The summed E-state index contributed by atoms with van der Waals surface area (Å²) >= 11 is 0. The molecule has 0 aliphatic carbocycles. The highest BCUT2D eigenvalue weighted by atomic mass is 16.7. The average Bonchev–Trinajstić information content (AvgIpc) is 1.16. The largest absolute Gasteiger partial charge is 0.477 e. The molecule has 0 aromatic carbocycles. The van der Waals surface area contributed by atoms with Gasteiger partial charge in [-0.2, -0.15) is 0 Å². The molecule has 0 saturated heterocycles. The third kappa shape index (κ3) is 81.4. The van der Waals surface area contributed by atoms with Crippen LogP contribution in [0.25, 0.3) is 0 Å². The van der Waals surface area contributed by atoms with Crippen LogP contribution in [-0.2, 0) is 33.3 Å². The highest BCUT2D eigenvalue weighted by molar-refractivity contribution is 5.71. The summed E-state index contributed by atoms with van der Waals surface area (Å²) in [5, 5.41) is 9.78. The van der Waals surface area contributed by atoms with Crippen molar-refractivity contribution in [3.8, 4) is 0 Å². The molecule has 0 heterocycles. The molecule has 2 atom stereocenters. The van der Waals surface area contributed by atoms with E-state index in [1.807, 2.05) is 21.1 Å². The fourth-order valence-corrected chi connectivity index (χ4v) is 12.4. The number of likely N-dealkylation sites (N-methyl/N-ethyl adjacent to an activating group) is 1. The number of quaternary nitrogens is 1. The Morgan fingerprint density at radius 2 is 0.576 bits per heavy atom. The second kappa shape index (κ2) is 79.9. The molecule has 0 fully saturated rings. The lowest BCUT2D eigenvalue weighted by Crippen LogP contribution is -2.40. The van der Waals surface area contributed by atoms with Gasteiger partial charge < -0.3 is 28.5 Å². The number of rotatable bonds is 79. The number of carboxylic acids is 1. The van der Waals surface area contributed by atoms with Gasteiger partial charge in [0.25, 0.3) is 6.29 Å². The molecule has 2 unspecified atom stereocenters. The number of carboxylic acid groups (broad SMARTS) is 1. The van der Waals surface area contributed by atoms with Gasteiger partial charge >= 0.3 is 17.9 Å². The van der Waals surface area contributed by atoms with Crippen LogP contribution in [0, 0.1) is 0 Å². The molecule has 0 bridgehead atoms. The Labute approximate surface area is 613 Å². The zero-order chi connectivity index (χ0) is 71.8. The molecule has 9 nitrogen and oxygen atoms in total. The molecule has 99 heavy (non-hydrogen) atoms. The number of carbonyl (C=O) groups excluding carboxylic acids is 2. The molecular weight excluding hydrogens is 1220 g/mol. The van der Waals surface area contributed by atoms with Gasteiger partial charge in [0.15, 0.2) is 6.10 Å². The van der Waals surface area contributed by atoms with Crippen molar-refractivity contribution in [3.05, 3.63) is 97.2 Å². The van der Waals surface area contributed by atoms with Gasteiger partial charge in [-0.1, -0.05) is 406 Å². The predicted octanol–water partition coefficient (Wildman–Crippen LogP) is 27.5. The lowest BCUT2D eigenvalue weighted by molar-refractivity contribution is -0.870. The first-order valence-corrected chi connectivity index (χ1v) is 42.4. The second-order valence-corrected chi connectivity index (χ2v) is 29.8. The number of ether oxygens (including phenoxy) is 4. The normalized spacial score (nSPS) is 13.1. The van der Waals surface area contributed by atoms with E-state index in [0.29, 0.717) is 23.9 Å². The van der Waals surface area contributed by atoms with Crippen LogP contribution in [0.4, 0.5) is 0 Å². The first kappa shape index (κ1) is 95.2. The minimum absolute atomic E-state index is 0.184. The minimum atomic E-state index is -1.52. The van der Waals surface area contributed by atoms with Gasteiger partial charge in [0.2, 0.25) is 0 Å². The molecule has 0 spiro atoms. The summed E-state index contributed by atoms with van der Waals surface area (Å²) in [6.45, 7) is 4.81. The monoisotopic (exact) mass is 1390 g/mol. The fourth-order valence-electron chi connectivity index (χ4n) is 12.4. The molecule has 0 aliphatic rings. The van der Waals surface area contributed by atoms with Crippen molar-refractivity contribution < 1.29 is 42.9 Å². The van der Waals surface area contributed by atoms with Crippen LogP contribution in [-0.4, -0.2) is 87.4 Å². The number of esters is 2. The predicted molar refractivity (Wildman–Crippen MR) is 429 cm³/mol. The van der Waals surface area contributed by atoms with E-state index in [4.69, 9.17) is 18.9 Å². The van der Waals surface area contributed by atoms with E-state index in [-0.39, 0.29) is 32.2 Å². The molecule has 0 aromatic rings. The van der Waals surface area contributed by atoms with E-state index >= 15 is 0 Å². The number of allylic oxidation sites excluding steroid dienone is 16. The maximum absolute atomic E-state index is 13.0. The Kier molecular flexibility index (Phi) is 76.8. The third-order valence-corrected chi connectivity index (χ3v) is 18.9. The maximum atomic E-state index is 13.0. The van der Waals surface area contributed by atoms with E-state index in [1.165, 1.54) is 270 Å². The molecule has 0 rings (SSSR count). The molecule has 0 amide bonds. The Balaban J connectivity index is 3.99. The topological polar surface area (TPSA) is 108 Å². The third-order valence-electron chi connectivity index (χ3n) is 18.9. The quantitative estimate of drug-likeness (QED) is 0.0211.